The van der Waals surface area contributed by atoms with Crippen molar-refractivity contribution in [1.29, 1.82) is 0 Å². The number of hydrogen-bond acceptors (Lipinski definition) is 5. The van der Waals surface area contributed by atoms with Crippen LogP contribution in [0.5, 0.6) is 0 Å². The monoisotopic (exact) mass is 251 g/mol. The summed E-state index contributed by atoms with van der Waals surface area (Å²) >= 11 is 0. The maximum atomic E-state index is 10.9. The Balaban J connectivity index is 3.13. The van der Waals surface area contributed by atoms with Gasteiger partial charge in [-0.2, -0.15) is 4.89 Å². The fourth-order valence-corrected chi connectivity index (χ4v) is 2.03. The lowest BCUT2D eigenvalue weighted by Crippen LogP contribution is -2.22. The van der Waals surface area contributed by atoms with E-state index in [2.05, 4.69) is 9.51 Å². The molecule has 7 nitrogen and oxygen atoms in total. The van der Waals surface area contributed by atoms with Crippen LogP contribution in [0.15, 0.2) is 24.5 Å². The van der Waals surface area contributed by atoms with Crippen LogP contribution in [0.3, 0.4) is 0 Å². The number of nitrogens with zero attached hydrogens (tertiary/aromatic N) is 1. The highest BCUT2D eigenvalue weighted by Gasteiger charge is 2.59. The number of rotatable bonds is 4. The van der Waals surface area contributed by atoms with Crippen LogP contribution in [-0.4, -0.2) is 19.9 Å². The molecule has 0 aromatic carbocycles. The van der Waals surface area contributed by atoms with E-state index in [1.165, 1.54) is 18.3 Å². The van der Waals surface area contributed by atoms with Crippen LogP contribution in [0.25, 0.3) is 0 Å². The quantitative estimate of drug-likeness (QED) is 0.529. The highest BCUT2D eigenvalue weighted by atomic mass is 31.1. The molecule has 0 aliphatic carbocycles. The molecule has 1 rings (SSSR count). The van der Waals surface area contributed by atoms with Gasteiger partial charge in [-0.25, -0.2) is 0 Å². The van der Waals surface area contributed by atoms with Crippen molar-refractivity contribution < 1.29 is 28.5 Å². The Kier molecular flexibility index (Phi) is 3.93. The zero-order valence-electron chi connectivity index (χ0n) is 7.22. The van der Waals surface area contributed by atoms with E-state index in [9.17, 15) is 14.2 Å². The van der Waals surface area contributed by atoms with Gasteiger partial charge in [0.15, 0.2) is 0 Å². The molecule has 9 heteroatoms. The number of aromatic nitrogens is 1. The molecular weight excluding hydrogens is 244 g/mol. The fraction of sp³-hybridized carbons (Fsp3) is 0.167. The van der Waals surface area contributed by atoms with Crippen molar-refractivity contribution in [3.05, 3.63) is 30.1 Å². The van der Waals surface area contributed by atoms with E-state index in [4.69, 9.17) is 9.79 Å². The van der Waals surface area contributed by atoms with Crippen molar-refractivity contribution in [2.45, 2.75) is 5.53 Å². The maximum absolute atomic E-state index is 10.9. The lowest BCUT2D eigenvalue weighted by molar-refractivity contribution is -0.0743. The first-order chi connectivity index (χ1) is 6.97. The number of pyridine rings is 1. The highest BCUT2D eigenvalue weighted by molar-refractivity contribution is 7.40. The first kappa shape index (κ1) is 12.3. The van der Waals surface area contributed by atoms with Gasteiger partial charge in [0, 0.05) is 17.0 Å². The van der Waals surface area contributed by atoms with E-state index in [0.717, 1.165) is 6.20 Å². The Bertz CT molecular complexity index is 384. The summed E-state index contributed by atoms with van der Waals surface area (Å²) in [5.41, 5.74) is -2.89. The van der Waals surface area contributed by atoms with Crippen LogP contribution in [0.2, 0.25) is 0 Å². The van der Waals surface area contributed by atoms with Crippen LogP contribution in [-0.2, 0) is 19.2 Å². The van der Waals surface area contributed by atoms with Gasteiger partial charge in [0.2, 0.25) is 0 Å². The minimum atomic E-state index is -3.26. The molecule has 0 aliphatic rings. The Morgan fingerprint density at radius 1 is 1.40 bits per heavy atom. The second kappa shape index (κ2) is 4.81. The SMILES string of the molecule is O=[P+](O)OC(O)(c1cccnc1)[P+](=O)O. The molecule has 15 heavy (non-hydrogen) atoms. The minimum Gasteiger partial charge on any atom is -0.317 e. The molecule has 0 bridgehead atoms. The summed E-state index contributed by atoms with van der Waals surface area (Å²) in [6.45, 7) is 0. The van der Waals surface area contributed by atoms with Crippen LogP contribution in [0.1, 0.15) is 5.56 Å². The molecule has 1 heterocycles. The standard InChI is InChI=1S/C6H5NO6P2/c8-6(14(9)10,13-15(11)12)5-2-1-3-7-4-5/h1-4,8H/p+2. The molecule has 3 atom stereocenters. The van der Waals surface area contributed by atoms with Crippen molar-refractivity contribution in [3.63, 3.8) is 0 Å². The topological polar surface area (TPSA) is 117 Å². The zero-order valence-corrected chi connectivity index (χ0v) is 9.01. The predicted molar refractivity (Wildman–Crippen MR) is 48.9 cm³/mol. The molecule has 3 unspecified atom stereocenters. The Morgan fingerprint density at radius 3 is 2.47 bits per heavy atom. The highest BCUT2D eigenvalue weighted by Crippen LogP contribution is 2.47. The zero-order chi connectivity index (χ0) is 11.5. The summed E-state index contributed by atoms with van der Waals surface area (Å²) in [7, 11) is -6.47. The molecular formula is C6H7NO6P2+2. The van der Waals surface area contributed by atoms with E-state index in [-0.39, 0.29) is 5.56 Å². The van der Waals surface area contributed by atoms with E-state index in [1.54, 1.807) is 0 Å². The summed E-state index contributed by atoms with van der Waals surface area (Å²) in [5.74, 6) is 0. The first-order valence-electron chi connectivity index (χ1n) is 3.61. The fourth-order valence-electron chi connectivity index (χ4n) is 0.862. The van der Waals surface area contributed by atoms with Crippen LogP contribution in [0, 0.1) is 0 Å². The average molecular weight is 251 g/mol. The van der Waals surface area contributed by atoms with Gasteiger partial charge in [0.25, 0.3) is 0 Å². The van der Waals surface area contributed by atoms with Crippen molar-refractivity contribution >= 4 is 16.3 Å². The summed E-state index contributed by atoms with van der Waals surface area (Å²) in [6, 6.07) is 2.63. The molecule has 1 aromatic heterocycles. The van der Waals surface area contributed by atoms with Crippen LogP contribution >= 0.6 is 16.3 Å². The minimum absolute atomic E-state index is 0.175. The second-order valence-corrected chi connectivity index (χ2v) is 4.26. The van der Waals surface area contributed by atoms with Crippen LogP contribution in [0.4, 0.5) is 0 Å². The van der Waals surface area contributed by atoms with Gasteiger partial charge < -0.3 is 5.11 Å². The molecule has 0 saturated heterocycles. The third kappa shape index (κ3) is 2.82. The van der Waals surface area contributed by atoms with E-state index < -0.39 is 21.8 Å². The van der Waals surface area contributed by atoms with Gasteiger partial charge in [-0.15, -0.1) is 4.89 Å². The summed E-state index contributed by atoms with van der Waals surface area (Å²) in [6.07, 6.45) is 2.43. The van der Waals surface area contributed by atoms with Crippen molar-refractivity contribution in [1.82, 2.24) is 4.98 Å². The lowest BCUT2D eigenvalue weighted by Gasteiger charge is -2.06. The molecule has 0 aliphatic heterocycles. The molecule has 0 fully saturated rings. The van der Waals surface area contributed by atoms with Gasteiger partial charge in [0.1, 0.15) is 0 Å². The Labute approximate surface area is 86.2 Å². The van der Waals surface area contributed by atoms with Gasteiger partial charge in [0.05, 0.1) is 5.56 Å². The Hall–Kier alpha value is -0.810. The first-order valence-corrected chi connectivity index (χ1v) is 5.95. The van der Waals surface area contributed by atoms with Gasteiger partial charge in [-0.3, -0.25) is 4.98 Å². The van der Waals surface area contributed by atoms with Crippen molar-refractivity contribution in [2.75, 3.05) is 0 Å². The molecule has 0 saturated carbocycles. The smallest absolute Gasteiger partial charge is 0.317 e. The summed E-state index contributed by atoms with van der Waals surface area (Å²) in [5, 5.41) is 9.59. The average Bonchev–Trinajstić information content (AvgIpc) is 2.17. The molecule has 80 valence electrons. The lowest BCUT2D eigenvalue weighted by atomic mass is 10.3. The van der Waals surface area contributed by atoms with Gasteiger partial charge in [-0.1, -0.05) is 0 Å². The van der Waals surface area contributed by atoms with Crippen molar-refractivity contribution in [2.24, 2.45) is 0 Å². The van der Waals surface area contributed by atoms with Gasteiger partial charge >= 0.3 is 21.8 Å². The normalized spacial score (nSPS) is 16.7. The predicted octanol–water partition coefficient (Wildman–Crippen LogP) is 0.585. The largest absolute Gasteiger partial charge is 0.702 e. The van der Waals surface area contributed by atoms with E-state index in [0.29, 0.717) is 0 Å². The van der Waals surface area contributed by atoms with Crippen molar-refractivity contribution in [3.8, 4) is 0 Å². The number of hydrogen-bond donors (Lipinski definition) is 3. The summed E-state index contributed by atoms with van der Waals surface area (Å²) in [4.78, 5) is 20.9. The third-order valence-electron chi connectivity index (χ3n) is 1.50. The molecule has 1 aromatic rings. The second-order valence-electron chi connectivity index (χ2n) is 2.45. The van der Waals surface area contributed by atoms with Gasteiger partial charge in [-0.05, 0) is 21.2 Å². The maximum Gasteiger partial charge on any atom is 0.702 e. The van der Waals surface area contributed by atoms with Crippen LogP contribution < -0.4 is 0 Å². The molecule has 0 amide bonds. The van der Waals surface area contributed by atoms with E-state index >= 15 is 0 Å². The third-order valence-corrected chi connectivity index (χ3v) is 2.93. The molecule has 0 radical (unpaired) electrons. The molecule has 3 N–H and O–H groups in total. The Morgan fingerprint density at radius 2 is 2.07 bits per heavy atom. The molecule has 0 spiro atoms. The number of aliphatic hydroxyl groups is 1. The van der Waals surface area contributed by atoms with E-state index in [1.807, 2.05) is 0 Å². The summed E-state index contributed by atoms with van der Waals surface area (Å²) < 4.78 is 25.4.